The van der Waals surface area contributed by atoms with Crippen LogP contribution in [0.3, 0.4) is 0 Å². The molecule has 2 heterocycles. The number of hydrogen-bond acceptors (Lipinski definition) is 6. The van der Waals surface area contributed by atoms with Crippen molar-refractivity contribution < 1.29 is 14.3 Å². The molecule has 0 spiro atoms. The molecule has 6 nitrogen and oxygen atoms in total. The van der Waals surface area contributed by atoms with Crippen LogP contribution in [0.25, 0.3) is 11.3 Å². The van der Waals surface area contributed by atoms with Gasteiger partial charge in [-0.25, -0.2) is 4.98 Å². The van der Waals surface area contributed by atoms with Crippen molar-refractivity contribution in [3.8, 4) is 17.0 Å². The van der Waals surface area contributed by atoms with Crippen LogP contribution in [-0.4, -0.2) is 52.9 Å². The van der Waals surface area contributed by atoms with Gasteiger partial charge in [-0.15, -0.1) is 23.1 Å². The second-order valence-electron chi connectivity index (χ2n) is 6.74. The predicted octanol–water partition coefficient (Wildman–Crippen LogP) is 3.89. The molecular formula is C20H25N3O3S2. The van der Waals surface area contributed by atoms with Crippen LogP contribution >= 0.6 is 23.1 Å². The average molecular weight is 420 g/mol. The van der Waals surface area contributed by atoms with Gasteiger partial charge < -0.3 is 15.0 Å². The van der Waals surface area contributed by atoms with Gasteiger partial charge in [-0.3, -0.25) is 9.59 Å². The van der Waals surface area contributed by atoms with Gasteiger partial charge in [0, 0.05) is 23.5 Å². The molecule has 1 saturated heterocycles. The Morgan fingerprint density at radius 2 is 2.07 bits per heavy atom. The van der Waals surface area contributed by atoms with E-state index in [9.17, 15) is 9.59 Å². The fraction of sp³-hybridized carbons (Fsp3) is 0.450. The number of piperidine rings is 1. The maximum atomic E-state index is 12.3. The number of carbonyl (C=O) groups is 2. The van der Waals surface area contributed by atoms with Crippen LogP contribution in [-0.2, 0) is 9.59 Å². The normalized spacial score (nSPS) is 16.6. The fourth-order valence-corrected chi connectivity index (χ4v) is 4.60. The molecule has 150 valence electrons. The first kappa shape index (κ1) is 20.7. The summed E-state index contributed by atoms with van der Waals surface area (Å²) in [6, 6.07) is 7.93. The highest BCUT2D eigenvalue weighted by Crippen LogP contribution is 2.26. The minimum absolute atomic E-state index is 0.126. The van der Waals surface area contributed by atoms with Crippen molar-refractivity contribution in [1.82, 2.24) is 9.88 Å². The van der Waals surface area contributed by atoms with Gasteiger partial charge in [0.05, 0.1) is 24.3 Å². The van der Waals surface area contributed by atoms with Crippen LogP contribution in [0.15, 0.2) is 29.6 Å². The topological polar surface area (TPSA) is 71.5 Å². The van der Waals surface area contributed by atoms with E-state index in [1.165, 1.54) is 29.5 Å². The summed E-state index contributed by atoms with van der Waals surface area (Å²) in [7, 11) is 1.63. The molecule has 0 bridgehead atoms. The first-order valence-electron chi connectivity index (χ1n) is 9.34. The zero-order chi connectivity index (χ0) is 19.9. The first-order chi connectivity index (χ1) is 13.6. The summed E-state index contributed by atoms with van der Waals surface area (Å²) in [5, 5.41) is 5.29. The molecule has 2 aromatic rings. The Kier molecular flexibility index (Phi) is 7.33. The number of benzene rings is 1. The number of hydrogen-bond donors (Lipinski definition) is 1. The van der Waals surface area contributed by atoms with Crippen molar-refractivity contribution in [2.45, 2.75) is 32.2 Å². The zero-order valence-corrected chi connectivity index (χ0v) is 17.8. The fourth-order valence-electron chi connectivity index (χ4n) is 3.16. The van der Waals surface area contributed by atoms with Crippen molar-refractivity contribution in [2.24, 2.45) is 0 Å². The second kappa shape index (κ2) is 9.93. The molecule has 0 unspecified atom stereocenters. The third-order valence-electron chi connectivity index (χ3n) is 4.72. The molecule has 28 heavy (non-hydrogen) atoms. The van der Waals surface area contributed by atoms with Gasteiger partial charge in [-0.2, -0.15) is 0 Å². The van der Waals surface area contributed by atoms with Crippen LogP contribution < -0.4 is 10.1 Å². The quantitative estimate of drug-likeness (QED) is 0.737. The summed E-state index contributed by atoms with van der Waals surface area (Å²) in [6.45, 7) is 2.93. The monoisotopic (exact) mass is 419 g/mol. The van der Waals surface area contributed by atoms with Gasteiger partial charge in [0.2, 0.25) is 11.8 Å². The summed E-state index contributed by atoms with van der Waals surface area (Å²) in [5.41, 5.74) is 1.78. The van der Waals surface area contributed by atoms with Gasteiger partial charge >= 0.3 is 0 Å². The Bertz CT molecular complexity index is 807. The molecular weight excluding hydrogens is 394 g/mol. The molecule has 1 aliphatic heterocycles. The number of methoxy groups -OCH3 is 1. The minimum Gasteiger partial charge on any atom is -0.497 e. The van der Waals surface area contributed by atoms with E-state index in [-0.39, 0.29) is 17.6 Å². The molecule has 0 saturated carbocycles. The van der Waals surface area contributed by atoms with E-state index < -0.39 is 0 Å². The Morgan fingerprint density at radius 3 is 2.79 bits per heavy atom. The number of nitrogens with one attached hydrogen (secondary N) is 1. The van der Waals surface area contributed by atoms with Gasteiger partial charge in [0.1, 0.15) is 5.75 Å². The van der Waals surface area contributed by atoms with E-state index in [1.807, 2.05) is 34.5 Å². The standard InChI is InChI=1S/C20H25N3O3S2/c1-14-5-3-4-10-23(14)19(25)13-27-12-18(24)22-20-21-17(11-28-20)15-6-8-16(26-2)9-7-15/h6-9,11,14H,3-5,10,12-13H2,1-2H3,(H,21,22,24)/t14-/m1/s1. The number of anilines is 1. The van der Waals surface area contributed by atoms with Gasteiger partial charge in [-0.05, 0) is 50.5 Å². The van der Waals surface area contributed by atoms with Crippen LogP contribution in [0.4, 0.5) is 5.13 Å². The van der Waals surface area contributed by atoms with Crippen LogP contribution in [0, 0.1) is 0 Å². The number of amides is 2. The number of thioether (sulfide) groups is 1. The van der Waals surface area contributed by atoms with Crippen molar-refractivity contribution in [3.63, 3.8) is 0 Å². The largest absolute Gasteiger partial charge is 0.497 e. The van der Waals surface area contributed by atoms with E-state index in [2.05, 4.69) is 17.2 Å². The van der Waals surface area contributed by atoms with Crippen LogP contribution in [0.5, 0.6) is 5.75 Å². The maximum absolute atomic E-state index is 12.3. The number of carbonyl (C=O) groups excluding carboxylic acids is 2. The summed E-state index contributed by atoms with van der Waals surface area (Å²) >= 11 is 2.74. The van der Waals surface area contributed by atoms with E-state index in [0.29, 0.717) is 16.9 Å². The van der Waals surface area contributed by atoms with Crippen molar-refractivity contribution in [2.75, 3.05) is 30.5 Å². The molecule has 1 fully saturated rings. The van der Waals surface area contributed by atoms with Crippen molar-refractivity contribution in [1.29, 1.82) is 0 Å². The van der Waals surface area contributed by atoms with Crippen LogP contribution in [0.2, 0.25) is 0 Å². The lowest BCUT2D eigenvalue weighted by atomic mass is 10.0. The lowest BCUT2D eigenvalue weighted by Crippen LogP contribution is -2.43. The van der Waals surface area contributed by atoms with Gasteiger partial charge in [0.25, 0.3) is 0 Å². The van der Waals surface area contributed by atoms with E-state index in [0.717, 1.165) is 36.4 Å². The highest BCUT2D eigenvalue weighted by molar-refractivity contribution is 8.00. The Morgan fingerprint density at radius 1 is 1.29 bits per heavy atom. The average Bonchev–Trinajstić information content (AvgIpc) is 3.16. The molecule has 3 rings (SSSR count). The van der Waals surface area contributed by atoms with E-state index in [1.54, 1.807) is 7.11 Å². The first-order valence-corrected chi connectivity index (χ1v) is 11.4. The van der Waals surface area contributed by atoms with Gasteiger partial charge in [0.15, 0.2) is 5.13 Å². The molecule has 0 aliphatic carbocycles. The number of ether oxygens (including phenoxy) is 1. The second-order valence-corrected chi connectivity index (χ2v) is 8.58. The summed E-state index contributed by atoms with van der Waals surface area (Å²) < 4.78 is 5.16. The third-order valence-corrected chi connectivity index (χ3v) is 6.39. The lowest BCUT2D eigenvalue weighted by molar-refractivity contribution is -0.131. The number of likely N-dealkylation sites (tertiary alicyclic amines) is 1. The van der Waals surface area contributed by atoms with E-state index in [4.69, 9.17) is 4.74 Å². The molecule has 1 N–H and O–H groups in total. The molecule has 1 aromatic carbocycles. The summed E-state index contributed by atoms with van der Waals surface area (Å²) in [6.07, 6.45) is 3.33. The summed E-state index contributed by atoms with van der Waals surface area (Å²) in [5.74, 6) is 1.36. The molecule has 0 radical (unpaired) electrons. The molecule has 1 aliphatic rings. The SMILES string of the molecule is COc1ccc(-c2csc(NC(=O)CSCC(=O)N3CCCC[C@H]3C)n2)cc1. The van der Waals surface area contributed by atoms with E-state index >= 15 is 0 Å². The number of thiazole rings is 1. The molecule has 8 heteroatoms. The lowest BCUT2D eigenvalue weighted by Gasteiger charge is -2.33. The smallest absolute Gasteiger partial charge is 0.236 e. The van der Waals surface area contributed by atoms with Crippen LogP contribution in [0.1, 0.15) is 26.2 Å². The number of rotatable bonds is 7. The van der Waals surface area contributed by atoms with Crippen molar-refractivity contribution in [3.05, 3.63) is 29.6 Å². The molecule has 1 atom stereocenters. The Balaban J connectivity index is 1.44. The maximum Gasteiger partial charge on any atom is 0.236 e. The van der Waals surface area contributed by atoms with Crippen molar-refractivity contribution >= 4 is 40.0 Å². The Hall–Kier alpha value is -2.06. The zero-order valence-electron chi connectivity index (χ0n) is 16.1. The third kappa shape index (κ3) is 5.48. The molecule has 2 amide bonds. The number of nitrogens with zero attached hydrogens (tertiary/aromatic N) is 2. The minimum atomic E-state index is -0.139. The number of aromatic nitrogens is 1. The van der Waals surface area contributed by atoms with Gasteiger partial charge in [-0.1, -0.05) is 0 Å². The Labute approximate surface area is 173 Å². The predicted molar refractivity (Wildman–Crippen MR) is 115 cm³/mol. The highest BCUT2D eigenvalue weighted by atomic mass is 32.2. The molecule has 1 aromatic heterocycles. The summed E-state index contributed by atoms with van der Waals surface area (Å²) in [4.78, 5) is 30.9. The highest BCUT2D eigenvalue weighted by Gasteiger charge is 2.23.